The van der Waals surface area contributed by atoms with E-state index in [1.807, 2.05) is 0 Å². The molecule has 0 bridgehead atoms. The second-order valence-electron chi connectivity index (χ2n) is 4.47. The van der Waals surface area contributed by atoms with Gasteiger partial charge in [0, 0.05) is 19.6 Å². The minimum Gasteiger partial charge on any atom is -0.395 e. The van der Waals surface area contributed by atoms with E-state index in [9.17, 15) is 0 Å². The summed E-state index contributed by atoms with van der Waals surface area (Å²) in [6.45, 7) is 9.30. The largest absolute Gasteiger partial charge is 0.395 e. The maximum atomic E-state index is 8.95. The molecule has 0 saturated carbocycles. The molecule has 0 amide bonds. The van der Waals surface area contributed by atoms with Crippen molar-refractivity contribution in [3.8, 4) is 0 Å². The van der Waals surface area contributed by atoms with Crippen molar-refractivity contribution in [1.82, 2.24) is 9.80 Å². The van der Waals surface area contributed by atoms with Crippen LogP contribution in [0.5, 0.6) is 0 Å². The molecule has 0 aliphatic carbocycles. The zero-order valence-corrected chi connectivity index (χ0v) is 10.1. The summed E-state index contributed by atoms with van der Waals surface area (Å²) in [5, 5.41) is 8.95. The van der Waals surface area contributed by atoms with Crippen LogP contribution in [0.3, 0.4) is 0 Å². The summed E-state index contributed by atoms with van der Waals surface area (Å²) in [4.78, 5) is 4.93. The summed E-state index contributed by atoms with van der Waals surface area (Å²) in [6, 6.07) is 0. The van der Waals surface area contributed by atoms with Gasteiger partial charge in [0.25, 0.3) is 0 Å². The van der Waals surface area contributed by atoms with Crippen LogP contribution in [0.25, 0.3) is 0 Å². The van der Waals surface area contributed by atoms with Crippen molar-refractivity contribution in [2.24, 2.45) is 0 Å². The lowest BCUT2D eigenvalue weighted by atomic mass is 10.1. The molecule has 1 fully saturated rings. The van der Waals surface area contributed by atoms with E-state index in [1.54, 1.807) is 0 Å². The molecule has 1 aliphatic heterocycles. The highest BCUT2D eigenvalue weighted by Gasteiger charge is 2.11. The highest BCUT2D eigenvalue weighted by molar-refractivity contribution is 4.67. The highest BCUT2D eigenvalue weighted by atomic mass is 16.3. The van der Waals surface area contributed by atoms with Crippen molar-refractivity contribution >= 4 is 0 Å². The van der Waals surface area contributed by atoms with E-state index in [4.69, 9.17) is 5.11 Å². The normalized spacial score (nSPS) is 18.6. The molecule has 15 heavy (non-hydrogen) atoms. The van der Waals surface area contributed by atoms with Gasteiger partial charge in [0.2, 0.25) is 0 Å². The third-order valence-electron chi connectivity index (χ3n) is 3.14. The topological polar surface area (TPSA) is 26.7 Å². The molecular weight excluding hydrogens is 188 g/mol. The number of aliphatic hydroxyl groups excluding tert-OH is 1. The smallest absolute Gasteiger partial charge is 0.0558 e. The van der Waals surface area contributed by atoms with Crippen molar-refractivity contribution in [2.75, 3.05) is 45.9 Å². The lowest BCUT2D eigenvalue weighted by molar-refractivity contribution is 0.157. The van der Waals surface area contributed by atoms with Gasteiger partial charge in [-0.25, -0.2) is 0 Å². The van der Waals surface area contributed by atoms with Gasteiger partial charge < -0.3 is 10.0 Å². The molecule has 0 aromatic rings. The molecule has 1 saturated heterocycles. The quantitative estimate of drug-likeness (QED) is 0.689. The Labute approximate surface area is 94.1 Å². The molecule has 0 radical (unpaired) electrons. The van der Waals surface area contributed by atoms with Gasteiger partial charge in [-0.15, -0.1) is 0 Å². The van der Waals surface area contributed by atoms with Crippen molar-refractivity contribution in [1.29, 1.82) is 0 Å². The SMILES string of the molecule is CCCN(CCO)CCN1CCCCC1. The van der Waals surface area contributed by atoms with Crippen LogP contribution in [-0.4, -0.2) is 60.8 Å². The molecular formula is C12H26N2O. The monoisotopic (exact) mass is 214 g/mol. The predicted octanol–water partition coefficient (Wildman–Crippen LogP) is 1.18. The third kappa shape index (κ3) is 5.50. The third-order valence-corrected chi connectivity index (χ3v) is 3.14. The summed E-state index contributed by atoms with van der Waals surface area (Å²) < 4.78 is 0. The first-order valence-corrected chi connectivity index (χ1v) is 6.42. The maximum Gasteiger partial charge on any atom is 0.0558 e. The fourth-order valence-electron chi connectivity index (χ4n) is 2.26. The van der Waals surface area contributed by atoms with Gasteiger partial charge >= 0.3 is 0 Å². The van der Waals surface area contributed by atoms with Crippen molar-refractivity contribution < 1.29 is 5.11 Å². The van der Waals surface area contributed by atoms with Crippen molar-refractivity contribution in [2.45, 2.75) is 32.6 Å². The average molecular weight is 214 g/mol. The van der Waals surface area contributed by atoms with E-state index in [2.05, 4.69) is 16.7 Å². The van der Waals surface area contributed by atoms with E-state index in [0.29, 0.717) is 6.61 Å². The second-order valence-corrected chi connectivity index (χ2v) is 4.47. The number of hydrogen-bond donors (Lipinski definition) is 1. The van der Waals surface area contributed by atoms with Crippen LogP contribution >= 0.6 is 0 Å². The maximum absolute atomic E-state index is 8.95. The van der Waals surface area contributed by atoms with Gasteiger partial charge in [-0.05, 0) is 38.9 Å². The fourth-order valence-corrected chi connectivity index (χ4v) is 2.26. The van der Waals surface area contributed by atoms with Gasteiger partial charge in [0.05, 0.1) is 6.61 Å². The van der Waals surface area contributed by atoms with Crippen molar-refractivity contribution in [3.63, 3.8) is 0 Å². The summed E-state index contributed by atoms with van der Waals surface area (Å²) in [5.41, 5.74) is 0. The Morgan fingerprint density at radius 3 is 2.40 bits per heavy atom. The Balaban J connectivity index is 2.13. The molecule has 1 aliphatic rings. The van der Waals surface area contributed by atoms with Crippen molar-refractivity contribution in [3.05, 3.63) is 0 Å². The number of likely N-dealkylation sites (tertiary alicyclic amines) is 1. The van der Waals surface area contributed by atoms with Gasteiger partial charge in [0.1, 0.15) is 0 Å². The second kappa shape index (κ2) is 8.08. The highest BCUT2D eigenvalue weighted by Crippen LogP contribution is 2.08. The van der Waals surface area contributed by atoms with Crippen LogP contribution in [0.1, 0.15) is 32.6 Å². The van der Waals surface area contributed by atoms with Gasteiger partial charge in [-0.3, -0.25) is 4.90 Å². The zero-order chi connectivity index (χ0) is 10.9. The van der Waals surface area contributed by atoms with Crippen LogP contribution < -0.4 is 0 Å². The Hall–Kier alpha value is -0.120. The summed E-state index contributed by atoms with van der Waals surface area (Å²) in [5.74, 6) is 0. The first-order valence-electron chi connectivity index (χ1n) is 6.42. The Kier molecular flexibility index (Phi) is 6.98. The molecule has 1 rings (SSSR count). The first kappa shape index (κ1) is 12.9. The standard InChI is InChI=1S/C12H26N2O/c1-2-6-13(11-12-15)9-10-14-7-4-3-5-8-14/h15H,2-12H2,1H3. The lowest BCUT2D eigenvalue weighted by Crippen LogP contribution is -2.39. The Bertz CT molecular complexity index is 141. The van der Waals surface area contributed by atoms with Crippen LogP contribution in [0.4, 0.5) is 0 Å². The number of piperidine rings is 1. The number of nitrogens with zero attached hydrogens (tertiary/aromatic N) is 2. The van der Waals surface area contributed by atoms with Crippen LogP contribution in [0.15, 0.2) is 0 Å². The summed E-state index contributed by atoms with van der Waals surface area (Å²) in [6.07, 6.45) is 5.33. The zero-order valence-electron chi connectivity index (χ0n) is 10.1. The Morgan fingerprint density at radius 1 is 1.07 bits per heavy atom. The average Bonchev–Trinajstić information content (AvgIpc) is 2.28. The molecule has 0 aromatic heterocycles. The predicted molar refractivity (Wildman–Crippen MR) is 64.1 cm³/mol. The molecule has 1 N–H and O–H groups in total. The van der Waals surface area contributed by atoms with E-state index in [1.165, 1.54) is 45.3 Å². The minimum atomic E-state index is 0.292. The first-order chi connectivity index (χ1) is 7.36. The molecule has 3 heteroatoms. The molecule has 0 unspecified atom stereocenters. The molecule has 0 atom stereocenters. The number of hydrogen-bond acceptors (Lipinski definition) is 3. The van der Waals surface area contributed by atoms with E-state index in [-0.39, 0.29) is 0 Å². The molecule has 90 valence electrons. The molecule has 0 spiro atoms. The van der Waals surface area contributed by atoms with Crippen LogP contribution in [0, 0.1) is 0 Å². The number of aliphatic hydroxyl groups is 1. The molecule has 1 heterocycles. The number of rotatable bonds is 7. The fraction of sp³-hybridized carbons (Fsp3) is 1.00. The van der Waals surface area contributed by atoms with Crippen LogP contribution in [0.2, 0.25) is 0 Å². The molecule has 3 nitrogen and oxygen atoms in total. The summed E-state index contributed by atoms with van der Waals surface area (Å²) >= 11 is 0. The van der Waals surface area contributed by atoms with Gasteiger partial charge in [-0.1, -0.05) is 13.3 Å². The van der Waals surface area contributed by atoms with Gasteiger partial charge in [-0.2, -0.15) is 0 Å². The van der Waals surface area contributed by atoms with E-state index < -0.39 is 0 Å². The minimum absolute atomic E-state index is 0.292. The van der Waals surface area contributed by atoms with Crippen LogP contribution in [-0.2, 0) is 0 Å². The van der Waals surface area contributed by atoms with Gasteiger partial charge in [0.15, 0.2) is 0 Å². The Morgan fingerprint density at radius 2 is 1.80 bits per heavy atom. The summed E-state index contributed by atoms with van der Waals surface area (Å²) in [7, 11) is 0. The van der Waals surface area contributed by atoms with E-state index in [0.717, 1.165) is 19.6 Å². The molecule has 0 aromatic carbocycles. The lowest BCUT2D eigenvalue weighted by Gasteiger charge is -2.29. The van der Waals surface area contributed by atoms with E-state index >= 15 is 0 Å².